The molecule has 0 heterocycles. The summed E-state index contributed by atoms with van der Waals surface area (Å²) in [5, 5.41) is 2.77. The molecule has 1 aliphatic rings. The maximum absolute atomic E-state index is 12.6. The number of carbonyl (C=O) groups is 2. The van der Waals surface area contributed by atoms with Crippen molar-refractivity contribution < 1.29 is 14.3 Å². The lowest BCUT2D eigenvalue weighted by Gasteiger charge is -2.25. The molecule has 0 bridgehead atoms. The number of ether oxygens (including phenoxy) is 1. The first kappa shape index (κ1) is 19.5. The molecule has 1 fully saturated rings. The molecule has 0 unspecified atom stereocenters. The van der Waals surface area contributed by atoms with Crippen LogP contribution in [0.2, 0.25) is 0 Å². The predicted octanol–water partition coefficient (Wildman–Crippen LogP) is 4.24. The van der Waals surface area contributed by atoms with Crippen LogP contribution in [0.3, 0.4) is 0 Å². The van der Waals surface area contributed by atoms with Gasteiger partial charge in [0.1, 0.15) is 10.1 Å². The monoisotopic (exact) mass is 406 g/mol. The highest BCUT2D eigenvalue weighted by molar-refractivity contribution is 6.51. The van der Waals surface area contributed by atoms with E-state index in [4.69, 9.17) is 33.7 Å². The van der Waals surface area contributed by atoms with Crippen LogP contribution >= 0.6 is 23.2 Å². The summed E-state index contributed by atoms with van der Waals surface area (Å²) in [6.07, 6.45) is 0.735. The largest absolute Gasteiger partial charge is 0.478 e. The number of nitrogens with one attached hydrogen (secondary N) is 1. The molecule has 2 aromatic rings. The smallest absolute Gasteiger partial charge is 0.267 e. The van der Waals surface area contributed by atoms with Crippen molar-refractivity contribution >= 4 is 40.7 Å². The Bertz CT molecular complexity index is 862. The molecular formula is C20H20Cl2N2O3. The first-order chi connectivity index (χ1) is 12.6. The van der Waals surface area contributed by atoms with Crippen LogP contribution in [0.5, 0.6) is 5.75 Å². The zero-order valence-electron chi connectivity index (χ0n) is 15.0. The van der Waals surface area contributed by atoms with Crippen LogP contribution < -0.4 is 15.8 Å². The number of anilines is 1. The molecular weight excluding hydrogens is 387 g/mol. The molecule has 0 saturated heterocycles. The first-order valence-corrected chi connectivity index (χ1v) is 9.22. The van der Waals surface area contributed by atoms with Crippen LogP contribution in [0.25, 0.3) is 0 Å². The molecule has 1 aliphatic carbocycles. The van der Waals surface area contributed by atoms with Crippen LogP contribution in [0, 0.1) is 0 Å². The summed E-state index contributed by atoms with van der Waals surface area (Å²) in [4.78, 5) is 23.7. The maximum atomic E-state index is 12.6. The van der Waals surface area contributed by atoms with E-state index in [2.05, 4.69) is 5.32 Å². The SMILES string of the molecule is CC(C)(Oc1ccc([C@@H]2CC2(Cl)Cl)cc1)C(=O)Nc1ccc(C(N)=O)cc1. The van der Waals surface area contributed by atoms with Crippen molar-refractivity contribution in [3.8, 4) is 5.75 Å². The lowest BCUT2D eigenvalue weighted by atomic mass is 10.1. The van der Waals surface area contributed by atoms with Crippen LogP contribution in [0.1, 0.15) is 42.1 Å². The summed E-state index contributed by atoms with van der Waals surface area (Å²) in [5.74, 6) is -0.138. The highest BCUT2D eigenvalue weighted by Gasteiger charge is 2.52. The summed E-state index contributed by atoms with van der Waals surface area (Å²) < 4.78 is 5.18. The number of halogens is 2. The number of nitrogens with two attached hydrogens (primary N) is 1. The fraction of sp³-hybridized carbons (Fsp3) is 0.300. The number of carbonyl (C=O) groups excluding carboxylic acids is 2. The topological polar surface area (TPSA) is 81.4 Å². The van der Waals surface area contributed by atoms with Gasteiger partial charge < -0.3 is 15.8 Å². The predicted molar refractivity (Wildman–Crippen MR) is 107 cm³/mol. The fourth-order valence-electron chi connectivity index (χ4n) is 2.68. The van der Waals surface area contributed by atoms with Crippen molar-refractivity contribution in [2.24, 2.45) is 5.73 Å². The standard InChI is InChI=1S/C20H20Cl2N2O3/c1-19(2,18(26)24-14-7-3-13(4-8-14)17(23)25)27-15-9-5-12(6-10-15)16-11-20(16,21)22/h3-10,16H,11H2,1-2H3,(H2,23,25)(H,24,26)/t16-/m0/s1. The number of hydrogen-bond donors (Lipinski definition) is 2. The van der Waals surface area contributed by atoms with E-state index in [0.717, 1.165) is 12.0 Å². The minimum atomic E-state index is -1.10. The quantitative estimate of drug-likeness (QED) is 0.703. The molecule has 5 nitrogen and oxygen atoms in total. The molecule has 0 spiro atoms. The molecule has 0 aliphatic heterocycles. The van der Waals surface area contributed by atoms with Gasteiger partial charge in [-0.05, 0) is 62.2 Å². The van der Waals surface area contributed by atoms with Crippen LogP contribution in [-0.2, 0) is 4.79 Å². The van der Waals surface area contributed by atoms with Gasteiger partial charge in [0, 0.05) is 17.2 Å². The Morgan fingerprint density at radius 2 is 1.67 bits per heavy atom. The zero-order valence-corrected chi connectivity index (χ0v) is 16.5. The van der Waals surface area contributed by atoms with Gasteiger partial charge in [0.05, 0.1) is 0 Å². The summed E-state index contributed by atoms with van der Waals surface area (Å²) in [6, 6.07) is 13.7. The summed E-state index contributed by atoms with van der Waals surface area (Å²) in [6.45, 7) is 3.36. The molecule has 1 saturated carbocycles. The third-order valence-corrected chi connectivity index (χ3v) is 5.29. The summed E-state index contributed by atoms with van der Waals surface area (Å²) in [7, 11) is 0. The first-order valence-electron chi connectivity index (χ1n) is 8.47. The van der Waals surface area contributed by atoms with E-state index in [9.17, 15) is 9.59 Å². The van der Waals surface area contributed by atoms with Crippen molar-refractivity contribution in [1.82, 2.24) is 0 Å². The molecule has 2 aromatic carbocycles. The molecule has 142 valence electrons. The molecule has 7 heteroatoms. The third kappa shape index (κ3) is 4.54. The van der Waals surface area contributed by atoms with Gasteiger partial charge in [-0.25, -0.2) is 0 Å². The normalized spacial score (nSPS) is 17.9. The van der Waals surface area contributed by atoms with E-state index in [1.165, 1.54) is 0 Å². The molecule has 0 aromatic heterocycles. The molecule has 3 rings (SSSR count). The van der Waals surface area contributed by atoms with E-state index in [0.29, 0.717) is 17.0 Å². The molecule has 1 atom stereocenters. The number of amides is 2. The van der Waals surface area contributed by atoms with Gasteiger partial charge in [-0.3, -0.25) is 9.59 Å². The highest BCUT2D eigenvalue weighted by atomic mass is 35.5. The van der Waals surface area contributed by atoms with Crippen LogP contribution in [-0.4, -0.2) is 21.7 Å². The van der Waals surface area contributed by atoms with E-state index in [1.54, 1.807) is 50.2 Å². The molecule has 27 heavy (non-hydrogen) atoms. The number of alkyl halides is 2. The lowest BCUT2D eigenvalue weighted by Crippen LogP contribution is -2.42. The summed E-state index contributed by atoms with van der Waals surface area (Å²) >= 11 is 12.2. The van der Waals surface area contributed by atoms with Crippen molar-refractivity contribution in [1.29, 1.82) is 0 Å². The second-order valence-electron chi connectivity index (χ2n) is 7.09. The Morgan fingerprint density at radius 1 is 1.11 bits per heavy atom. The fourth-order valence-corrected chi connectivity index (χ4v) is 3.24. The molecule has 3 N–H and O–H groups in total. The lowest BCUT2D eigenvalue weighted by molar-refractivity contribution is -0.128. The number of hydrogen-bond acceptors (Lipinski definition) is 3. The van der Waals surface area contributed by atoms with Gasteiger partial charge in [-0.15, -0.1) is 23.2 Å². The maximum Gasteiger partial charge on any atom is 0.267 e. The zero-order chi connectivity index (χ0) is 19.8. The average Bonchev–Trinajstić information content (AvgIpc) is 3.24. The van der Waals surface area contributed by atoms with Gasteiger partial charge in [0.2, 0.25) is 5.91 Å². The minimum Gasteiger partial charge on any atom is -0.478 e. The Kier molecular flexibility index (Phi) is 5.10. The molecule has 0 radical (unpaired) electrons. The van der Waals surface area contributed by atoms with Gasteiger partial charge in [0.15, 0.2) is 5.60 Å². The number of benzene rings is 2. The van der Waals surface area contributed by atoms with Crippen molar-refractivity contribution in [3.05, 3.63) is 59.7 Å². The van der Waals surface area contributed by atoms with E-state index < -0.39 is 15.8 Å². The second-order valence-corrected chi connectivity index (χ2v) is 8.64. The van der Waals surface area contributed by atoms with Crippen molar-refractivity contribution in [2.45, 2.75) is 36.1 Å². The van der Waals surface area contributed by atoms with Crippen molar-refractivity contribution in [2.75, 3.05) is 5.32 Å². The van der Waals surface area contributed by atoms with Gasteiger partial charge >= 0.3 is 0 Å². The van der Waals surface area contributed by atoms with Crippen LogP contribution in [0.4, 0.5) is 5.69 Å². The highest BCUT2D eigenvalue weighted by Crippen LogP contribution is 2.59. The average molecular weight is 407 g/mol. The van der Waals surface area contributed by atoms with Crippen LogP contribution in [0.15, 0.2) is 48.5 Å². The third-order valence-electron chi connectivity index (χ3n) is 4.46. The second kappa shape index (κ2) is 7.06. The van der Waals surface area contributed by atoms with E-state index in [-0.39, 0.29) is 11.8 Å². The van der Waals surface area contributed by atoms with Crippen molar-refractivity contribution in [3.63, 3.8) is 0 Å². The van der Waals surface area contributed by atoms with E-state index in [1.807, 2.05) is 12.1 Å². The van der Waals surface area contributed by atoms with Gasteiger partial charge in [0.25, 0.3) is 5.91 Å². The van der Waals surface area contributed by atoms with E-state index >= 15 is 0 Å². The molecule has 2 amide bonds. The Morgan fingerprint density at radius 3 is 2.15 bits per heavy atom. The number of primary amides is 1. The van der Waals surface area contributed by atoms with Gasteiger partial charge in [-0.2, -0.15) is 0 Å². The Balaban J connectivity index is 1.63. The summed E-state index contributed by atoms with van der Waals surface area (Å²) in [5.41, 5.74) is 6.07. The minimum absolute atomic E-state index is 0.134. The van der Waals surface area contributed by atoms with Gasteiger partial charge in [-0.1, -0.05) is 12.1 Å². The Labute approximate surface area is 167 Å². The Hall–Kier alpha value is -2.24. The number of rotatable bonds is 6.